The van der Waals surface area contributed by atoms with Crippen molar-refractivity contribution >= 4 is 17.5 Å². The molecular weight excluding hydrogens is 350 g/mol. The lowest BCUT2D eigenvalue weighted by molar-refractivity contribution is 0.0746. The van der Waals surface area contributed by atoms with E-state index in [1.54, 1.807) is 12.4 Å². The van der Waals surface area contributed by atoms with Gasteiger partial charge in [-0.25, -0.2) is 9.97 Å². The van der Waals surface area contributed by atoms with Gasteiger partial charge in [-0.3, -0.25) is 4.79 Å². The summed E-state index contributed by atoms with van der Waals surface area (Å²) in [6.07, 6.45) is 6.75. The highest BCUT2D eigenvalue weighted by Crippen LogP contribution is 2.24. The Morgan fingerprint density at radius 1 is 1.07 bits per heavy atom. The van der Waals surface area contributed by atoms with Crippen molar-refractivity contribution in [2.45, 2.75) is 40.0 Å². The molecule has 0 bridgehead atoms. The van der Waals surface area contributed by atoms with Crippen molar-refractivity contribution in [3.63, 3.8) is 0 Å². The fourth-order valence-electron chi connectivity index (χ4n) is 3.52. The minimum absolute atomic E-state index is 0.0122. The van der Waals surface area contributed by atoms with Crippen LogP contribution in [0.3, 0.4) is 0 Å². The first kappa shape index (κ1) is 20.1. The lowest BCUT2D eigenvalue weighted by Crippen LogP contribution is -2.49. The third kappa shape index (κ3) is 4.80. The number of carbonyl (C=O) groups excluding carboxylic acids is 1. The van der Waals surface area contributed by atoms with Crippen molar-refractivity contribution in [2.75, 3.05) is 42.9 Å². The van der Waals surface area contributed by atoms with Crippen molar-refractivity contribution in [1.82, 2.24) is 14.9 Å². The molecule has 1 fully saturated rings. The topological polar surface area (TPSA) is 61.4 Å². The number of anilines is 2. The Labute approximate surface area is 168 Å². The Bertz CT molecular complexity index is 782. The molecule has 0 radical (unpaired) electrons. The first-order valence-electron chi connectivity index (χ1n) is 10.3. The molecule has 0 unspecified atom stereocenters. The van der Waals surface area contributed by atoms with E-state index in [-0.39, 0.29) is 5.91 Å². The van der Waals surface area contributed by atoms with Crippen molar-refractivity contribution in [1.29, 1.82) is 0 Å². The van der Waals surface area contributed by atoms with E-state index in [4.69, 9.17) is 0 Å². The minimum atomic E-state index is 0.0122. The zero-order chi connectivity index (χ0) is 19.9. The first-order chi connectivity index (χ1) is 13.6. The lowest BCUT2D eigenvalue weighted by atomic mass is 10.1. The highest BCUT2D eigenvalue weighted by molar-refractivity contribution is 5.93. The maximum absolute atomic E-state index is 12.8. The number of benzene rings is 1. The monoisotopic (exact) mass is 381 g/mol. The highest BCUT2D eigenvalue weighted by Gasteiger charge is 2.23. The zero-order valence-corrected chi connectivity index (χ0v) is 17.2. The maximum atomic E-state index is 12.8. The molecule has 28 heavy (non-hydrogen) atoms. The van der Waals surface area contributed by atoms with E-state index in [9.17, 15) is 4.79 Å². The number of aromatic nitrogens is 2. The Morgan fingerprint density at radius 2 is 1.79 bits per heavy atom. The summed E-state index contributed by atoms with van der Waals surface area (Å²) in [5, 5.41) is 3.21. The van der Waals surface area contributed by atoms with E-state index in [1.165, 1.54) is 29.7 Å². The molecule has 1 aromatic heterocycles. The first-order valence-corrected chi connectivity index (χ1v) is 10.3. The van der Waals surface area contributed by atoms with Gasteiger partial charge in [-0.1, -0.05) is 31.9 Å². The molecule has 1 aliphatic heterocycles. The molecular formula is C22H31N5O. The van der Waals surface area contributed by atoms with Crippen LogP contribution in [0.1, 0.15) is 47.7 Å². The van der Waals surface area contributed by atoms with Crippen LogP contribution in [0.4, 0.5) is 11.6 Å². The van der Waals surface area contributed by atoms with Crippen LogP contribution in [-0.4, -0.2) is 53.5 Å². The number of nitrogens with zero attached hydrogens (tertiary/aromatic N) is 4. The third-order valence-corrected chi connectivity index (χ3v) is 5.45. The summed E-state index contributed by atoms with van der Waals surface area (Å²) in [6, 6.07) is 6.41. The van der Waals surface area contributed by atoms with Crippen molar-refractivity contribution in [3.05, 3.63) is 47.3 Å². The number of carbonyl (C=O) groups is 1. The Balaban J connectivity index is 1.54. The average Bonchev–Trinajstić information content (AvgIpc) is 2.73. The van der Waals surface area contributed by atoms with E-state index in [0.29, 0.717) is 24.6 Å². The van der Waals surface area contributed by atoms with Crippen LogP contribution in [0.15, 0.2) is 30.6 Å². The number of hydrogen-bond donors (Lipinski definition) is 1. The van der Waals surface area contributed by atoms with E-state index in [2.05, 4.69) is 59.2 Å². The van der Waals surface area contributed by atoms with Gasteiger partial charge in [0.15, 0.2) is 0 Å². The molecule has 1 aromatic carbocycles. The van der Waals surface area contributed by atoms with Crippen molar-refractivity contribution < 1.29 is 4.79 Å². The van der Waals surface area contributed by atoms with Crippen molar-refractivity contribution in [2.24, 2.45) is 0 Å². The molecule has 2 aromatic rings. The fourth-order valence-corrected chi connectivity index (χ4v) is 3.52. The number of nitrogens with one attached hydrogen (secondary N) is 1. The van der Waals surface area contributed by atoms with Crippen LogP contribution in [0.2, 0.25) is 0 Å². The summed E-state index contributed by atoms with van der Waals surface area (Å²) in [4.78, 5) is 25.6. The number of rotatable bonds is 7. The average molecular weight is 382 g/mol. The molecule has 0 atom stereocenters. The van der Waals surface area contributed by atoms with E-state index >= 15 is 0 Å². The molecule has 6 heteroatoms. The van der Waals surface area contributed by atoms with E-state index < -0.39 is 0 Å². The second-order valence-electron chi connectivity index (χ2n) is 7.43. The summed E-state index contributed by atoms with van der Waals surface area (Å²) in [7, 11) is 0. The van der Waals surface area contributed by atoms with Gasteiger partial charge >= 0.3 is 0 Å². The Morgan fingerprint density at radius 3 is 2.46 bits per heavy atom. The van der Waals surface area contributed by atoms with Crippen LogP contribution in [0.5, 0.6) is 0 Å². The molecule has 0 saturated carbocycles. The van der Waals surface area contributed by atoms with E-state index in [0.717, 1.165) is 26.1 Å². The predicted molar refractivity (Wildman–Crippen MR) is 114 cm³/mol. The molecule has 1 aliphatic rings. The number of piperazine rings is 1. The van der Waals surface area contributed by atoms with Crippen LogP contribution in [-0.2, 0) is 0 Å². The molecule has 3 rings (SSSR count). The molecule has 0 aliphatic carbocycles. The summed E-state index contributed by atoms with van der Waals surface area (Å²) < 4.78 is 0. The van der Waals surface area contributed by atoms with Crippen LogP contribution >= 0.6 is 0 Å². The minimum Gasteiger partial charge on any atom is -0.368 e. The highest BCUT2D eigenvalue weighted by atomic mass is 16.2. The maximum Gasteiger partial charge on any atom is 0.257 e. The molecule has 1 N–H and O–H groups in total. The van der Waals surface area contributed by atoms with Crippen molar-refractivity contribution in [3.8, 4) is 0 Å². The number of hydrogen-bond acceptors (Lipinski definition) is 5. The second kappa shape index (κ2) is 9.53. The SMILES string of the molecule is CCCCCNc1ncc(C(=O)N2CCN(c3cccc(C)c3C)CC2)cn1. The summed E-state index contributed by atoms with van der Waals surface area (Å²) >= 11 is 0. The zero-order valence-electron chi connectivity index (χ0n) is 17.2. The fraction of sp³-hybridized carbons (Fsp3) is 0.500. The van der Waals surface area contributed by atoms with Gasteiger partial charge in [0.25, 0.3) is 5.91 Å². The predicted octanol–water partition coefficient (Wildman–Crippen LogP) is 3.66. The van der Waals surface area contributed by atoms with Crippen LogP contribution < -0.4 is 10.2 Å². The van der Waals surface area contributed by atoms with Gasteiger partial charge in [-0.15, -0.1) is 0 Å². The van der Waals surface area contributed by atoms with Crippen LogP contribution in [0, 0.1) is 13.8 Å². The van der Waals surface area contributed by atoms with Gasteiger partial charge in [0, 0.05) is 50.8 Å². The summed E-state index contributed by atoms with van der Waals surface area (Å²) in [5.41, 5.74) is 4.45. The molecule has 150 valence electrons. The van der Waals surface area contributed by atoms with Gasteiger partial charge in [-0.2, -0.15) is 0 Å². The smallest absolute Gasteiger partial charge is 0.257 e. The lowest BCUT2D eigenvalue weighted by Gasteiger charge is -2.37. The summed E-state index contributed by atoms with van der Waals surface area (Å²) in [6.45, 7) is 10.5. The molecule has 2 heterocycles. The standard InChI is InChI=1S/C22H31N5O/c1-4-5-6-10-23-22-24-15-19(16-25-22)21(28)27-13-11-26(12-14-27)20-9-7-8-17(2)18(20)3/h7-9,15-16H,4-6,10-14H2,1-3H3,(H,23,24,25). The summed E-state index contributed by atoms with van der Waals surface area (Å²) in [5.74, 6) is 0.602. The quantitative estimate of drug-likeness (QED) is 0.742. The molecule has 1 amide bonds. The largest absolute Gasteiger partial charge is 0.368 e. The number of aryl methyl sites for hydroxylation is 1. The number of amides is 1. The van der Waals surface area contributed by atoms with Crippen LogP contribution in [0.25, 0.3) is 0 Å². The van der Waals surface area contributed by atoms with Gasteiger partial charge in [-0.05, 0) is 37.5 Å². The molecule has 0 spiro atoms. The van der Waals surface area contributed by atoms with Gasteiger partial charge in [0.1, 0.15) is 0 Å². The Kier molecular flexibility index (Phi) is 6.85. The molecule has 6 nitrogen and oxygen atoms in total. The normalized spacial score (nSPS) is 14.2. The Hall–Kier alpha value is -2.63. The number of unbranched alkanes of at least 4 members (excludes halogenated alkanes) is 2. The van der Waals surface area contributed by atoms with Gasteiger partial charge < -0.3 is 15.1 Å². The molecule has 1 saturated heterocycles. The van der Waals surface area contributed by atoms with Gasteiger partial charge in [0.2, 0.25) is 5.95 Å². The second-order valence-corrected chi connectivity index (χ2v) is 7.43. The van der Waals surface area contributed by atoms with Gasteiger partial charge in [0.05, 0.1) is 5.56 Å². The third-order valence-electron chi connectivity index (χ3n) is 5.45. The van der Waals surface area contributed by atoms with E-state index in [1.807, 2.05) is 4.90 Å².